The first kappa shape index (κ1) is 22.1. The minimum Gasteiger partial charge on any atom is -0.347 e. The summed E-state index contributed by atoms with van der Waals surface area (Å²) < 4.78 is 59.6. The molecule has 3 nitrogen and oxygen atoms in total. The lowest BCUT2D eigenvalue weighted by Gasteiger charge is -2.20. The molecule has 1 heterocycles. The van der Waals surface area contributed by atoms with Crippen molar-refractivity contribution in [3.63, 3.8) is 0 Å². The van der Waals surface area contributed by atoms with Crippen LogP contribution in [0.25, 0.3) is 22.0 Å². The van der Waals surface area contributed by atoms with Gasteiger partial charge >= 0.3 is 0 Å². The molecular weight excluding hydrogens is 421 g/mol. The average Bonchev–Trinajstić information content (AvgIpc) is 3.50. The van der Waals surface area contributed by atoms with E-state index >= 15 is 4.39 Å². The van der Waals surface area contributed by atoms with Crippen LogP contribution in [0, 0.1) is 11.2 Å². The van der Waals surface area contributed by atoms with Gasteiger partial charge in [-0.05, 0) is 41.5 Å². The van der Waals surface area contributed by atoms with Crippen molar-refractivity contribution in [2.75, 3.05) is 0 Å². The zero-order valence-corrected chi connectivity index (χ0v) is 18.7. The Kier molecular flexibility index (Phi) is 6.01. The Morgan fingerprint density at radius 1 is 1.16 bits per heavy atom. The number of nitrogens with zero attached hydrogens (tertiary/aromatic N) is 1. The Labute approximate surface area is 183 Å². The minimum atomic E-state index is -2.69. The van der Waals surface area contributed by atoms with Crippen LogP contribution in [0.3, 0.4) is 0 Å². The maximum atomic E-state index is 15.2. The van der Waals surface area contributed by atoms with Crippen molar-refractivity contribution in [3.05, 3.63) is 59.5 Å². The van der Waals surface area contributed by atoms with Crippen LogP contribution >= 0.6 is 0 Å². The van der Waals surface area contributed by atoms with E-state index in [-0.39, 0.29) is 27.4 Å². The highest BCUT2D eigenvalue weighted by Crippen LogP contribution is 2.36. The van der Waals surface area contributed by atoms with Gasteiger partial charge in [0.1, 0.15) is 5.82 Å². The van der Waals surface area contributed by atoms with Crippen molar-refractivity contribution in [1.82, 2.24) is 9.29 Å². The van der Waals surface area contributed by atoms with E-state index in [1.54, 1.807) is 12.1 Å². The molecule has 2 aromatic carbocycles. The van der Waals surface area contributed by atoms with Crippen LogP contribution in [0.5, 0.6) is 0 Å². The largest absolute Gasteiger partial charge is 0.347 e. The summed E-state index contributed by atoms with van der Waals surface area (Å²) in [4.78, 5) is 0. The fourth-order valence-electron chi connectivity index (χ4n) is 3.85. The van der Waals surface area contributed by atoms with Gasteiger partial charge in [-0.3, -0.25) is 0 Å². The van der Waals surface area contributed by atoms with Gasteiger partial charge in [-0.15, -0.1) is 0 Å². The summed E-state index contributed by atoms with van der Waals surface area (Å²) >= 11 is 0. The van der Waals surface area contributed by atoms with E-state index in [9.17, 15) is 13.0 Å². The second kappa shape index (κ2) is 8.43. The number of hydrogen-bond donors (Lipinski definition) is 1. The second-order valence-electron chi connectivity index (χ2n) is 9.40. The molecule has 0 amide bonds. The van der Waals surface area contributed by atoms with Crippen LogP contribution in [0.1, 0.15) is 51.2 Å². The number of alkyl halides is 2. The molecular formula is C24H27F3N2OS. The molecule has 1 unspecified atom stereocenters. The summed E-state index contributed by atoms with van der Waals surface area (Å²) in [5.41, 5.74) is 1.78. The number of benzene rings is 2. The normalized spacial score (nSPS) is 15.7. The first-order valence-electron chi connectivity index (χ1n) is 10.5. The molecule has 31 heavy (non-hydrogen) atoms. The van der Waals surface area contributed by atoms with Crippen LogP contribution in [0.2, 0.25) is 0 Å². The molecule has 7 heteroatoms. The maximum Gasteiger partial charge on any atom is 0.264 e. The third-order valence-electron chi connectivity index (χ3n) is 5.42. The molecule has 1 saturated carbocycles. The van der Waals surface area contributed by atoms with Crippen molar-refractivity contribution in [1.29, 1.82) is 0 Å². The molecule has 0 aliphatic heterocycles. The van der Waals surface area contributed by atoms with Crippen LogP contribution in [0.4, 0.5) is 13.2 Å². The number of halogens is 3. The molecule has 166 valence electrons. The summed E-state index contributed by atoms with van der Waals surface area (Å²) in [5, 5.41) is 0.914. The zero-order chi connectivity index (χ0) is 22.3. The topological polar surface area (TPSA) is 34.0 Å². The van der Waals surface area contributed by atoms with Gasteiger partial charge in [-0.1, -0.05) is 45.0 Å². The fourth-order valence-corrected chi connectivity index (χ4v) is 4.95. The molecule has 1 atom stereocenters. The van der Waals surface area contributed by atoms with E-state index in [1.807, 2.05) is 10.8 Å². The van der Waals surface area contributed by atoms with Crippen molar-refractivity contribution in [2.24, 2.45) is 5.41 Å². The maximum absolute atomic E-state index is 15.2. The van der Waals surface area contributed by atoms with E-state index < -0.39 is 23.2 Å². The van der Waals surface area contributed by atoms with Gasteiger partial charge in [0.2, 0.25) is 0 Å². The number of hydrogen-bond acceptors (Lipinski definition) is 1. The summed E-state index contributed by atoms with van der Waals surface area (Å²) in [6.07, 6.45) is 1.19. The third kappa shape index (κ3) is 4.88. The first-order valence-corrected chi connectivity index (χ1v) is 11.7. The average molecular weight is 449 g/mol. The van der Waals surface area contributed by atoms with Crippen molar-refractivity contribution in [3.8, 4) is 11.1 Å². The molecule has 1 aliphatic carbocycles. The Bertz CT molecular complexity index is 1130. The monoisotopic (exact) mass is 448 g/mol. The zero-order valence-electron chi connectivity index (χ0n) is 17.9. The second-order valence-corrected chi connectivity index (χ2v) is 10.9. The number of fused-ring (bicyclic) bond motifs is 1. The lowest BCUT2D eigenvalue weighted by Crippen LogP contribution is -2.19. The van der Waals surface area contributed by atoms with Crippen molar-refractivity contribution in [2.45, 2.75) is 58.4 Å². The molecule has 4 rings (SSSR count). The van der Waals surface area contributed by atoms with Gasteiger partial charge in [-0.2, -0.15) is 0 Å². The smallest absolute Gasteiger partial charge is 0.264 e. The Balaban J connectivity index is 1.81. The lowest BCUT2D eigenvalue weighted by atomic mass is 9.96. The summed E-state index contributed by atoms with van der Waals surface area (Å²) in [7, 11) is -1.10. The Hall–Kier alpha value is -2.12. The van der Waals surface area contributed by atoms with Crippen LogP contribution in [0.15, 0.2) is 42.6 Å². The van der Waals surface area contributed by atoms with Gasteiger partial charge in [0.25, 0.3) is 6.43 Å². The highest BCUT2D eigenvalue weighted by atomic mass is 32.2. The molecule has 0 bridgehead atoms. The quantitative estimate of drug-likeness (QED) is 0.449. The molecule has 0 spiro atoms. The predicted molar refractivity (Wildman–Crippen MR) is 120 cm³/mol. The minimum absolute atomic E-state index is 0.0388. The summed E-state index contributed by atoms with van der Waals surface area (Å²) in [6, 6.07) is 9.13. The number of rotatable bonds is 7. The van der Waals surface area contributed by atoms with Crippen molar-refractivity contribution >= 4 is 21.9 Å². The number of nitrogens with one attached hydrogen (secondary N) is 1. The third-order valence-corrected chi connectivity index (χ3v) is 6.92. The molecule has 1 aliphatic rings. The molecule has 1 aromatic heterocycles. The number of aromatic nitrogens is 1. The Morgan fingerprint density at radius 3 is 2.52 bits per heavy atom. The molecule has 3 aromatic rings. The van der Waals surface area contributed by atoms with E-state index in [0.717, 1.165) is 23.9 Å². The van der Waals surface area contributed by atoms with Gasteiger partial charge in [0.05, 0.1) is 11.0 Å². The SMILES string of the molecule is CC(C)(C)Cn1cc(CNS(=O)C2CC2)c2cc(F)c(-c3ccccc3C(F)F)cc21. The van der Waals surface area contributed by atoms with E-state index in [2.05, 4.69) is 25.5 Å². The van der Waals surface area contributed by atoms with Crippen molar-refractivity contribution < 1.29 is 17.4 Å². The van der Waals surface area contributed by atoms with Crippen LogP contribution < -0.4 is 4.72 Å². The van der Waals surface area contributed by atoms with E-state index in [1.165, 1.54) is 24.3 Å². The molecule has 1 fully saturated rings. The Morgan fingerprint density at radius 2 is 1.87 bits per heavy atom. The highest BCUT2D eigenvalue weighted by Gasteiger charge is 2.28. The predicted octanol–water partition coefficient (Wildman–Crippen LogP) is 6.35. The fraction of sp³-hybridized carbons (Fsp3) is 0.417. The molecule has 1 N–H and O–H groups in total. The standard InChI is InChI=1S/C24H27F3N2OS/c1-24(2,3)14-29-13-15(12-28-31(30)16-8-9-16)19-10-21(25)20(11-22(19)29)17-6-4-5-7-18(17)23(26)27/h4-7,10-11,13,16,23,28H,8-9,12,14H2,1-3H3. The highest BCUT2D eigenvalue weighted by molar-refractivity contribution is 7.83. The summed E-state index contributed by atoms with van der Waals surface area (Å²) in [5.74, 6) is -0.543. The van der Waals surface area contributed by atoms with Crippen LogP contribution in [-0.4, -0.2) is 14.0 Å². The van der Waals surface area contributed by atoms with Gasteiger partial charge in [0.15, 0.2) is 0 Å². The molecule has 0 saturated heterocycles. The van der Waals surface area contributed by atoms with Crippen LogP contribution in [-0.2, 0) is 24.1 Å². The van der Waals surface area contributed by atoms with E-state index in [4.69, 9.17) is 0 Å². The van der Waals surface area contributed by atoms with Gasteiger partial charge in [0, 0.05) is 46.6 Å². The summed E-state index contributed by atoms with van der Waals surface area (Å²) in [6.45, 7) is 7.36. The lowest BCUT2D eigenvalue weighted by molar-refractivity contribution is 0.152. The van der Waals surface area contributed by atoms with Gasteiger partial charge in [-0.25, -0.2) is 22.1 Å². The van der Waals surface area contributed by atoms with Gasteiger partial charge < -0.3 is 4.57 Å². The molecule has 0 radical (unpaired) electrons. The van der Waals surface area contributed by atoms with E-state index in [0.29, 0.717) is 18.5 Å². The first-order chi connectivity index (χ1) is 14.6.